The molecule has 0 radical (unpaired) electrons. The lowest BCUT2D eigenvalue weighted by molar-refractivity contribution is 0.468. The Kier molecular flexibility index (Phi) is 5.57. The minimum Gasteiger partial charge on any atom is -0.380 e. The van der Waals surface area contributed by atoms with E-state index in [0.717, 1.165) is 11.3 Å². The zero-order chi connectivity index (χ0) is 20.6. The minimum atomic E-state index is -3.71. The van der Waals surface area contributed by atoms with Gasteiger partial charge in [-0.3, -0.25) is 0 Å². The molecule has 4 rings (SSSR count). The highest BCUT2D eigenvalue weighted by Gasteiger charge is 2.41. The summed E-state index contributed by atoms with van der Waals surface area (Å²) < 4.78 is 29.3. The van der Waals surface area contributed by atoms with E-state index in [2.05, 4.69) is 10.3 Å². The summed E-state index contributed by atoms with van der Waals surface area (Å²) in [4.78, 5) is 4.04. The molecule has 1 aromatic heterocycles. The Hall–Kier alpha value is -2.06. The molecule has 9 heteroatoms. The number of aryl methyl sites for hydroxylation is 1. The van der Waals surface area contributed by atoms with Gasteiger partial charge in [0.05, 0.1) is 6.33 Å². The van der Waals surface area contributed by atoms with Crippen molar-refractivity contribution in [1.82, 2.24) is 13.9 Å². The molecule has 0 saturated carbocycles. The molecule has 3 aromatic rings. The van der Waals surface area contributed by atoms with E-state index >= 15 is 0 Å². The summed E-state index contributed by atoms with van der Waals surface area (Å²) >= 11 is 12.6. The summed E-state index contributed by atoms with van der Waals surface area (Å²) in [5, 5.41) is 4.71. The molecule has 1 aliphatic rings. The number of hydrogen-bond acceptors (Lipinski definition) is 4. The molecule has 2 aromatic carbocycles. The largest absolute Gasteiger partial charge is 0.380 e. The van der Waals surface area contributed by atoms with E-state index in [0.29, 0.717) is 23.1 Å². The maximum Gasteiger partial charge on any atom is 0.262 e. The Labute approximate surface area is 180 Å². The van der Waals surface area contributed by atoms with E-state index in [9.17, 15) is 8.42 Å². The number of aromatic nitrogens is 2. The minimum absolute atomic E-state index is 0.0429. The van der Waals surface area contributed by atoms with Crippen LogP contribution in [-0.2, 0) is 17.1 Å². The number of rotatable bonds is 5. The van der Waals surface area contributed by atoms with Crippen LogP contribution in [0.3, 0.4) is 0 Å². The molecule has 2 atom stereocenters. The van der Waals surface area contributed by atoms with Crippen molar-refractivity contribution < 1.29 is 8.42 Å². The Morgan fingerprint density at radius 1 is 1.10 bits per heavy atom. The number of hydrogen-bond donors (Lipinski definition) is 1. The van der Waals surface area contributed by atoms with E-state index in [-0.39, 0.29) is 17.0 Å². The lowest BCUT2D eigenvalue weighted by atomic mass is 9.94. The van der Waals surface area contributed by atoms with Gasteiger partial charge in [-0.05, 0) is 29.8 Å². The van der Waals surface area contributed by atoms with Gasteiger partial charge in [-0.1, -0.05) is 47.5 Å². The van der Waals surface area contributed by atoms with Gasteiger partial charge < -0.3 is 9.88 Å². The molecule has 1 fully saturated rings. The number of sulfonamides is 1. The van der Waals surface area contributed by atoms with Crippen molar-refractivity contribution in [2.75, 3.05) is 18.4 Å². The SMILES string of the molecule is Cn1cnc(S(=O)(=O)N2C[C@@H](Nc3cccc(Cl)c3)[C@H](c3ccccc3Cl)C2)c1. The van der Waals surface area contributed by atoms with Gasteiger partial charge in [-0.25, -0.2) is 13.4 Å². The average molecular weight is 451 g/mol. The summed E-state index contributed by atoms with van der Waals surface area (Å²) in [5.41, 5.74) is 1.74. The highest BCUT2D eigenvalue weighted by Crippen LogP contribution is 2.36. The van der Waals surface area contributed by atoms with Crippen LogP contribution >= 0.6 is 23.2 Å². The monoisotopic (exact) mass is 450 g/mol. The zero-order valence-electron chi connectivity index (χ0n) is 15.7. The standard InChI is InChI=1S/C20H20Cl2N4O2S/c1-25-12-20(23-13-25)29(27,28)26-10-17(16-7-2-3-8-18(16)22)19(11-26)24-15-6-4-5-14(21)9-15/h2-9,12-13,17,19,24H,10-11H2,1H3/t17-,19+/m0/s1. The van der Waals surface area contributed by atoms with E-state index in [1.54, 1.807) is 17.7 Å². The summed E-state index contributed by atoms with van der Waals surface area (Å²) in [6.45, 7) is 0.599. The van der Waals surface area contributed by atoms with Gasteiger partial charge in [0, 0.05) is 54.0 Å². The zero-order valence-corrected chi connectivity index (χ0v) is 18.0. The highest BCUT2D eigenvalue weighted by molar-refractivity contribution is 7.89. The van der Waals surface area contributed by atoms with Gasteiger partial charge in [0.1, 0.15) is 0 Å². The molecule has 0 spiro atoms. The molecule has 1 saturated heterocycles. The first-order valence-electron chi connectivity index (χ1n) is 9.09. The van der Waals surface area contributed by atoms with Gasteiger partial charge in [-0.2, -0.15) is 4.31 Å². The van der Waals surface area contributed by atoms with Crippen LogP contribution in [-0.4, -0.2) is 41.4 Å². The smallest absolute Gasteiger partial charge is 0.262 e. The van der Waals surface area contributed by atoms with Gasteiger partial charge in [-0.15, -0.1) is 0 Å². The average Bonchev–Trinajstić information content (AvgIpc) is 3.30. The fourth-order valence-electron chi connectivity index (χ4n) is 3.65. The Morgan fingerprint density at radius 2 is 1.90 bits per heavy atom. The van der Waals surface area contributed by atoms with Crippen LogP contribution in [0.25, 0.3) is 0 Å². The van der Waals surface area contributed by atoms with Gasteiger partial charge in [0.25, 0.3) is 10.0 Å². The van der Waals surface area contributed by atoms with Crippen LogP contribution in [0.2, 0.25) is 10.0 Å². The van der Waals surface area contributed by atoms with Crippen LogP contribution in [0.4, 0.5) is 5.69 Å². The summed E-state index contributed by atoms with van der Waals surface area (Å²) in [7, 11) is -1.97. The van der Waals surface area contributed by atoms with Crippen LogP contribution in [0.15, 0.2) is 66.1 Å². The Bertz CT molecular complexity index is 1130. The van der Waals surface area contributed by atoms with Gasteiger partial charge >= 0.3 is 0 Å². The quantitative estimate of drug-likeness (QED) is 0.637. The molecule has 0 amide bonds. The third-order valence-corrected chi connectivity index (χ3v) is 7.35. The van der Waals surface area contributed by atoms with Gasteiger partial charge in [0.15, 0.2) is 5.03 Å². The molecule has 2 heterocycles. The molecule has 1 aliphatic heterocycles. The van der Waals surface area contributed by atoms with E-state index < -0.39 is 10.0 Å². The first-order valence-corrected chi connectivity index (χ1v) is 11.3. The fraction of sp³-hybridized carbons (Fsp3) is 0.250. The van der Waals surface area contributed by atoms with Crippen molar-refractivity contribution in [2.45, 2.75) is 17.0 Å². The predicted molar refractivity (Wildman–Crippen MR) is 115 cm³/mol. The second-order valence-electron chi connectivity index (χ2n) is 7.09. The lowest BCUT2D eigenvalue weighted by Gasteiger charge is -2.22. The van der Waals surface area contributed by atoms with E-state index in [1.807, 2.05) is 42.5 Å². The van der Waals surface area contributed by atoms with E-state index in [4.69, 9.17) is 23.2 Å². The van der Waals surface area contributed by atoms with Crippen molar-refractivity contribution in [2.24, 2.45) is 7.05 Å². The van der Waals surface area contributed by atoms with Crippen molar-refractivity contribution >= 4 is 38.9 Å². The third kappa shape index (κ3) is 4.14. The molecule has 0 unspecified atom stereocenters. The maximum atomic E-state index is 13.1. The highest BCUT2D eigenvalue weighted by atomic mass is 35.5. The van der Waals surface area contributed by atoms with Crippen molar-refractivity contribution in [1.29, 1.82) is 0 Å². The van der Waals surface area contributed by atoms with Crippen LogP contribution in [0.1, 0.15) is 11.5 Å². The van der Waals surface area contributed by atoms with Crippen LogP contribution < -0.4 is 5.32 Å². The van der Waals surface area contributed by atoms with Crippen molar-refractivity contribution in [3.05, 3.63) is 76.7 Å². The normalized spacial score (nSPS) is 20.1. The molecule has 0 bridgehead atoms. The third-order valence-electron chi connectivity index (χ3n) is 5.05. The first kappa shape index (κ1) is 20.2. The molecule has 0 aliphatic carbocycles. The first-order chi connectivity index (χ1) is 13.8. The lowest BCUT2D eigenvalue weighted by Crippen LogP contribution is -2.32. The van der Waals surface area contributed by atoms with Crippen molar-refractivity contribution in [3.63, 3.8) is 0 Å². The predicted octanol–water partition coefficient (Wildman–Crippen LogP) is 4.00. The molecule has 1 N–H and O–H groups in total. The fourth-order valence-corrected chi connectivity index (χ4v) is 5.57. The second-order valence-corrected chi connectivity index (χ2v) is 9.82. The number of nitrogens with zero attached hydrogens (tertiary/aromatic N) is 3. The Balaban J connectivity index is 1.68. The molecular weight excluding hydrogens is 431 g/mol. The number of nitrogens with one attached hydrogen (secondary N) is 1. The maximum absolute atomic E-state index is 13.1. The van der Waals surface area contributed by atoms with Gasteiger partial charge in [0.2, 0.25) is 0 Å². The topological polar surface area (TPSA) is 67.2 Å². The second kappa shape index (κ2) is 7.99. The van der Waals surface area contributed by atoms with Crippen LogP contribution in [0, 0.1) is 0 Å². The summed E-state index contributed by atoms with van der Waals surface area (Å²) in [5.74, 6) is -0.124. The number of imidazole rings is 1. The summed E-state index contributed by atoms with van der Waals surface area (Å²) in [6, 6.07) is 14.7. The molecule has 152 valence electrons. The van der Waals surface area contributed by atoms with E-state index in [1.165, 1.54) is 16.8 Å². The number of halogens is 2. The Morgan fingerprint density at radius 3 is 2.59 bits per heavy atom. The molecule has 6 nitrogen and oxygen atoms in total. The number of benzene rings is 2. The molecule has 29 heavy (non-hydrogen) atoms. The number of anilines is 1. The van der Waals surface area contributed by atoms with Crippen molar-refractivity contribution in [3.8, 4) is 0 Å². The summed E-state index contributed by atoms with van der Waals surface area (Å²) in [6.07, 6.45) is 2.99. The molecular formula is C20H20Cl2N4O2S. The van der Waals surface area contributed by atoms with Crippen LogP contribution in [0.5, 0.6) is 0 Å².